The number of fused-ring (bicyclic) bond motifs is 1. The number of aliphatic carboxylic acids is 1. The fraction of sp³-hybridized carbons (Fsp3) is 0.290. The van der Waals surface area contributed by atoms with E-state index in [4.69, 9.17) is 9.72 Å². The van der Waals surface area contributed by atoms with Crippen molar-refractivity contribution in [2.75, 3.05) is 7.11 Å². The highest BCUT2D eigenvalue weighted by Crippen LogP contribution is 2.42. The van der Waals surface area contributed by atoms with Gasteiger partial charge in [-0.25, -0.2) is 19.6 Å². The average Bonchev–Trinajstić information content (AvgIpc) is 3.28. The molecule has 2 heterocycles. The van der Waals surface area contributed by atoms with E-state index >= 15 is 0 Å². The summed E-state index contributed by atoms with van der Waals surface area (Å²) in [6.45, 7) is 4.00. The largest absolute Gasteiger partial charge is 0.478 e. The van der Waals surface area contributed by atoms with Crippen molar-refractivity contribution in [3.05, 3.63) is 75.9 Å². The van der Waals surface area contributed by atoms with Crippen molar-refractivity contribution in [1.29, 1.82) is 0 Å². The number of esters is 1. The molecular weight excluding hydrogens is 496 g/mol. The van der Waals surface area contributed by atoms with Crippen LogP contribution in [0.1, 0.15) is 70.2 Å². The Labute approximate surface area is 226 Å². The molecule has 5 rings (SSSR count). The summed E-state index contributed by atoms with van der Waals surface area (Å²) in [6, 6.07) is 13.9. The van der Waals surface area contributed by atoms with Gasteiger partial charge < -0.3 is 9.84 Å². The molecule has 4 aromatic rings. The fourth-order valence-electron chi connectivity index (χ4n) is 5.46. The molecule has 1 fully saturated rings. The van der Waals surface area contributed by atoms with Gasteiger partial charge in [0.05, 0.1) is 39.5 Å². The third kappa shape index (κ3) is 5.24. The van der Waals surface area contributed by atoms with Gasteiger partial charge in [-0.3, -0.25) is 0 Å². The number of nitrogens with zero attached hydrogens (tertiary/aromatic N) is 2. The van der Waals surface area contributed by atoms with Crippen molar-refractivity contribution in [1.82, 2.24) is 9.97 Å². The third-order valence-corrected chi connectivity index (χ3v) is 8.28. The molecule has 1 saturated carbocycles. The monoisotopic (exact) mass is 526 g/mol. The van der Waals surface area contributed by atoms with Gasteiger partial charge in [-0.2, -0.15) is 0 Å². The number of aromatic nitrogens is 2. The lowest BCUT2D eigenvalue weighted by Crippen LogP contribution is -2.10. The van der Waals surface area contributed by atoms with Crippen LogP contribution in [0.3, 0.4) is 0 Å². The molecule has 0 saturated heterocycles. The summed E-state index contributed by atoms with van der Waals surface area (Å²) in [5.41, 5.74) is 6.89. The lowest BCUT2D eigenvalue weighted by molar-refractivity contribution is -0.131. The molecule has 0 radical (unpaired) electrons. The van der Waals surface area contributed by atoms with Crippen LogP contribution in [0.4, 0.5) is 0 Å². The predicted octanol–water partition coefficient (Wildman–Crippen LogP) is 7.57. The van der Waals surface area contributed by atoms with Crippen LogP contribution in [0.25, 0.3) is 38.7 Å². The Hall–Kier alpha value is -3.84. The van der Waals surface area contributed by atoms with Crippen LogP contribution in [-0.2, 0) is 9.53 Å². The first-order valence-corrected chi connectivity index (χ1v) is 13.7. The van der Waals surface area contributed by atoms with Gasteiger partial charge in [-0.1, -0.05) is 31.4 Å². The second-order valence-corrected chi connectivity index (χ2v) is 11.0. The van der Waals surface area contributed by atoms with E-state index in [-0.39, 0.29) is 5.92 Å². The number of rotatable bonds is 6. The van der Waals surface area contributed by atoms with E-state index in [0.29, 0.717) is 11.1 Å². The van der Waals surface area contributed by atoms with Crippen LogP contribution < -0.4 is 0 Å². The van der Waals surface area contributed by atoms with Crippen molar-refractivity contribution in [2.24, 2.45) is 0 Å². The van der Waals surface area contributed by atoms with Gasteiger partial charge in [0.1, 0.15) is 0 Å². The molecule has 1 aliphatic carbocycles. The second-order valence-electron chi connectivity index (χ2n) is 9.78. The lowest BCUT2D eigenvalue weighted by Gasteiger charge is -2.26. The maximum Gasteiger partial charge on any atom is 0.337 e. The summed E-state index contributed by atoms with van der Waals surface area (Å²) in [6.07, 6.45) is 8.24. The number of thiazole rings is 1. The molecule has 194 valence electrons. The Bertz CT molecular complexity index is 1560. The van der Waals surface area contributed by atoms with Gasteiger partial charge >= 0.3 is 11.9 Å². The zero-order valence-corrected chi connectivity index (χ0v) is 22.6. The van der Waals surface area contributed by atoms with Gasteiger partial charge in [-0.05, 0) is 91.3 Å². The molecule has 0 atom stereocenters. The zero-order valence-electron chi connectivity index (χ0n) is 21.8. The van der Waals surface area contributed by atoms with Crippen LogP contribution in [-0.4, -0.2) is 34.1 Å². The van der Waals surface area contributed by atoms with Gasteiger partial charge in [0.15, 0.2) is 0 Å². The standard InChI is InChI=1S/C31H30N2O4S/c1-18-30(38-19(2)32-18)27-13-9-21-15-22(10-12-26(21)33-27)29-23(11-14-28(34)35)16-24(31(36)37-3)17-25(29)20-7-5-4-6-8-20/h9-17,20H,4-8H2,1-3H3,(H,34,35)/b14-11+. The molecule has 0 aliphatic heterocycles. The highest BCUT2D eigenvalue weighted by molar-refractivity contribution is 7.15. The quantitative estimate of drug-likeness (QED) is 0.206. The molecular formula is C31H30N2O4S. The molecule has 2 aromatic heterocycles. The Balaban J connectivity index is 1.68. The first-order chi connectivity index (χ1) is 18.3. The number of aryl methyl sites for hydroxylation is 2. The number of hydrogen-bond acceptors (Lipinski definition) is 6. The minimum atomic E-state index is -1.04. The van der Waals surface area contributed by atoms with Gasteiger partial charge in [0.25, 0.3) is 0 Å². The zero-order chi connectivity index (χ0) is 26.8. The number of methoxy groups -OCH3 is 1. The lowest BCUT2D eigenvalue weighted by atomic mass is 9.78. The Morgan fingerprint density at radius 3 is 2.50 bits per heavy atom. The smallest absolute Gasteiger partial charge is 0.337 e. The van der Waals surface area contributed by atoms with Gasteiger partial charge in [0, 0.05) is 11.5 Å². The van der Waals surface area contributed by atoms with E-state index in [0.717, 1.165) is 80.6 Å². The number of carbonyl (C=O) groups excluding carboxylic acids is 1. The van der Waals surface area contributed by atoms with Gasteiger partial charge in [-0.15, -0.1) is 11.3 Å². The van der Waals surface area contributed by atoms with Crippen LogP contribution in [0, 0.1) is 13.8 Å². The second kappa shape index (κ2) is 10.9. The number of benzene rings is 2. The number of carboxylic acid groups (broad SMARTS) is 1. The number of pyridine rings is 1. The molecule has 2 aromatic carbocycles. The number of carbonyl (C=O) groups is 2. The molecule has 6 nitrogen and oxygen atoms in total. The summed E-state index contributed by atoms with van der Waals surface area (Å²) in [4.78, 5) is 34.5. The molecule has 0 amide bonds. The van der Waals surface area contributed by atoms with Crippen molar-refractivity contribution < 1.29 is 19.4 Å². The number of hydrogen-bond donors (Lipinski definition) is 1. The predicted molar refractivity (Wildman–Crippen MR) is 152 cm³/mol. The molecule has 0 spiro atoms. The fourth-order valence-corrected chi connectivity index (χ4v) is 6.35. The maximum atomic E-state index is 12.6. The molecule has 0 unspecified atom stereocenters. The van der Waals surface area contributed by atoms with Crippen molar-refractivity contribution >= 4 is 40.3 Å². The normalized spacial score (nSPS) is 14.3. The number of carboxylic acids is 1. The molecule has 7 heteroatoms. The van der Waals surface area contributed by atoms with Gasteiger partial charge in [0.2, 0.25) is 0 Å². The first kappa shape index (κ1) is 25.8. The highest BCUT2D eigenvalue weighted by atomic mass is 32.1. The van der Waals surface area contributed by atoms with Crippen LogP contribution in [0.5, 0.6) is 0 Å². The van der Waals surface area contributed by atoms with E-state index in [1.54, 1.807) is 23.5 Å². The summed E-state index contributed by atoms with van der Waals surface area (Å²) in [7, 11) is 1.36. The highest BCUT2D eigenvalue weighted by Gasteiger charge is 2.24. The number of ether oxygens (including phenoxy) is 1. The van der Waals surface area contributed by atoms with Crippen LogP contribution >= 0.6 is 11.3 Å². The molecule has 0 bridgehead atoms. The molecule has 38 heavy (non-hydrogen) atoms. The van der Waals surface area contributed by atoms with Crippen molar-refractivity contribution in [3.8, 4) is 21.7 Å². The summed E-state index contributed by atoms with van der Waals surface area (Å²) >= 11 is 1.64. The topological polar surface area (TPSA) is 89.4 Å². The summed E-state index contributed by atoms with van der Waals surface area (Å²) in [5.74, 6) is -1.18. The van der Waals surface area contributed by atoms with Crippen molar-refractivity contribution in [3.63, 3.8) is 0 Å². The Morgan fingerprint density at radius 2 is 1.82 bits per heavy atom. The summed E-state index contributed by atoms with van der Waals surface area (Å²) in [5, 5.41) is 11.4. The van der Waals surface area contributed by atoms with Crippen molar-refractivity contribution in [2.45, 2.75) is 51.9 Å². The third-order valence-electron chi connectivity index (χ3n) is 7.18. The maximum absolute atomic E-state index is 12.6. The average molecular weight is 527 g/mol. The summed E-state index contributed by atoms with van der Waals surface area (Å²) < 4.78 is 5.03. The van der Waals surface area contributed by atoms with E-state index in [1.165, 1.54) is 13.5 Å². The first-order valence-electron chi connectivity index (χ1n) is 12.9. The molecule has 1 aliphatic rings. The van der Waals surface area contributed by atoms with Crippen LogP contribution in [0.15, 0.2) is 48.5 Å². The molecule has 1 N–H and O–H groups in total. The SMILES string of the molecule is COC(=O)c1cc(/C=C/C(=O)O)c(-c2ccc3nc(-c4sc(C)nc4C)ccc3c2)c(C2CCCCC2)c1. The van der Waals surface area contributed by atoms with E-state index in [2.05, 4.69) is 17.1 Å². The minimum absolute atomic E-state index is 0.286. The van der Waals surface area contributed by atoms with E-state index < -0.39 is 11.9 Å². The van der Waals surface area contributed by atoms with E-state index in [9.17, 15) is 14.7 Å². The van der Waals surface area contributed by atoms with Crippen LogP contribution in [0.2, 0.25) is 0 Å². The minimum Gasteiger partial charge on any atom is -0.478 e. The Kier molecular flexibility index (Phi) is 7.38. The van der Waals surface area contributed by atoms with E-state index in [1.807, 2.05) is 38.1 Å². The Morgan fingerprint density at radius 1 is 1.03 bits per heavy atom.